The van der Waals surface area contributed by atoms with Crippen LogP contribution >= 0.6 is 0 Å². The Bertz CT molecular complexity index is 907. The van der Waals surface area contributed by atoms with E-state index in [0.29, 0.717) is 23.4 Å². The summed E-state index contributed by atoms with van der Waals surface area (Å²) in [5.41, 5.74) is 4.03. The summed E-state index contributed by atoms with van der Waals surface area (Å²) in [6.45, 7) is 11.0. The van der Waals surface area contributed by atoms with E-state index in [-0.39, 0.29) is 17.2 Å². The number of carbonyl (C=O) groups is 2. The van der Waals surface area contributed by atoms with Gasteiger partial charge in [0.25, 0.3) is 11.8 Å². The zero-order chi connectivity index (χ0) is 22.4. The molecule has 5 heteroatoms. The Morgan fingerprint density at radius 2 is 1.61 bits per heavy atom. The van der Waals surface area contributed by atoms with Gasteiger partial charge in [0.05, 0.1) is 5.56 Å². The molecule has 2 amide bonds. The van der Waals surface area contributed by atoms with Crippen LogP contribution in [0.4, 0.5) is 11.4 Å². The molecule has 0 saturated carbocycles. The van der Waals surface area contributed by atoms with Crippen LogP contribution in [0.3, 0.4) is 0 Å². The molecule has 166 valence electrons. The minimum atomic E-state index is -0.175. The van der Waals surface area contributed by atoms with Gasteiger partial charge in [-0.2, -0.15) is 0 Å². The van der Waals surface area contributed by atoms with E-state index in [2.05, 4.69) is 36.3 Å². The van der Waals surface area contributed by atoms with E-state index in [9.17, 15) is 9.59 Å². The molecule has 2 aromatic rings. The van der Waals surface area contributed by atoms with Crippen LogP contribution < -0.4 is 15.5 Å². The van der Waals surface area contributed by atoms with E-state index < -0.39 is 0 Å². The number of nitrogens with zero attached hydrogens (tertiary/aromatic N) is 1. The molecule has 1 fully saturated rings. The van der Waals surface area contributed by atoms with Crippen molar-refractivity contribution in [3.8, 4) is 0 Å². The van der Waals surface area contributed by atoms with E-state index >= 15 is 0 Å². The predicted molar refractivity (Wildman–Crippen MR) is 128 cm³/mol. The van der Waals surface area contributed by atoms with E-state index in [4.69, 9.17) is 0 Å². The molecule has 1 aliphatic heterocycles. The summed E-state index contributed by atoms with van der Waals surface area (Å²) in [6.07, 6.45) is 4.39. The average molecular weight is 422 g/mol. The highest BCUT2D eigenvalue weighted by Crippen LogP contribution is 2.28. The van der Waals surface area contributed by atoms with Crippen LogP contribution in [-0.4, -0.2) is 31.4 Å². The van der Waals surface area contributed by atoms with Gasteiger partial charge in [-0.15, -0.1) is 0 Å². The second-order valence-corrected chi connectivity index (χ2v) is 9.32. The lowest BCUT2D eigenvalue weighted by atomic mass is 9.87. The molecule has 0 unspecified atom stereocenters. The summed E-state index contributed by atoms with van der Waals surface area (Å²) < 4.78 is 0. The lowest BCUT2D eigenvalue weighted by molar-refractivity contribution is 0.0952. The number of carbonyl (C=O) groups excluding carboxylic acids is 2. The standard InChI is InChI=1S/C26H35N3O2/c1-5-15-27-25(31)22-18-21(13-14-23(22)29-16-7-6-8-17-29)28-24(30)19-9-11-20(12-10-19)26(2,3)4/h9-14,18H,5-8,15-17H2,1-4H3,(H,27,31)(H,28,30). The number of amides is 2. The fraction of sp³-hybridized carbons (Fsp3) is 0.462. The molecular weight excluding hydrogens is 386 g/mol. The largest absolute Gasteiger partial charge is 0.371 e. The van der Waals surface area contributed by atoms with Crippen molar-refractivity contribution < 1.29 is 9.59 Å². The molecular formula is C26H35N3O2. The SMILES string of the molecule is CCCNC(=O)c1cc(NC(=O)c2ccc(C(C)(C)C)cc2)ccc1N1CCCCC1. The highest BCUT2D eigenvalue weighted by atomic mass is 16.2. The second kappa shape index (κ2) is 9.99. The van der Waals surface area contributed by atoms with Gasteiger partial charge in [0.1, 0.15) is 0 Å². The van der Waals surface area contributed by atoms with Crippen molar-refractivity contribution in [3.05, 3.63) is 59.2 Å². The first kappa shape index (κ1) is 22.9. The van der Waals surface area contributed by atoms with E-state index in [0.717, 1.165) is 38.0 Å². The molecule has 0 aliphatic carbocycles. The number of benzene rings is 2. The summed E-state index contributed by atoms with van der Waals surface area (Å²) in [5, 5.41) is 5.94. The van der Waals surface area contributed by atoms with Crippen LogP contribution in [0.2, 0.25) is 0 Å². The Kier molecular flexibility index (Phi) is 7.37. The van der Waals surface area contributed by atoms with Gasteiger partial charge < -0.3 is 15.5 Å². The lowest BCUT2D eigenvalue weighted by Gasteiger charge is -2.30. The van der Waals surface area contributed by atoms with Crippen LogP contribution in [0.15, 0.2) is 42.5 Å². The van der Waals surface area contributed by atoms with Crippen molar-refractivity contribution in [2.24, 2.45) is 0 Å². The Hall–Kier alpha value is -2.82. The van der Waals surface area contributed by atoms with Crippen molar-refractivity contribution >= 4 is 23.2 Å². The van der Waals surface area contributed by atoms with Gasteiger partial charge in [-0.05, 0) is 67.0 Å². The molecule has 1 heterocycles. The molecule has 0 atom stereocenters. The summed E-state index contributed by atoms with van der Waals surface area (Å²) in [4.78, 5) is 27.9. The molecule has 5 nitrogen and oxygen atoms in total. The highest BCUT2D eigenvalue weighted by molar-refractivity contribution is 6.06. The third kappa shape index (κ3) is 5.87. The average Bonchev–Trinajstić information content (AvgIpc) is 2.77. The molecule has 1 saturated heterocycles. The maximum absolute atomic E-state index is 12.9. The smallest absolute Gasteiger partial charge is 0.255 e. The molecule has 1 aliphatic rings. The van der Waals surface area contributed by atoms with Gasteiger partial charge in [0.15, 0.2) is 0 Å². The fourth-order valence-corrected chi connectivity index (χ4v) is 3.86. The molecule has 0 bridgehead atoms. The zero-order valence-electron chi connectivity index (χ0n) is 19.3. The first-order valence-corrected chi connectivity index (χ1v) is 11.4. The van der Waals surface area contributed by atoms with Crippen molar-refractivity contribution in [2.75, 3.05) is 29.9 Å². The Morgan fingerprint density at radius 3 is 2.23 bits per heavy atom. The summed E-state index contributed by atoms with van der Waals surface area (Å²) in [6, 6.07) is 13.4. The summed E-state index contributed by atoms with van der Waals surface area (Å²) >= 11 is 0. The third-order valence-corrected chi connectivity index (χ3v) is 5.74. The molecule has 0 spiro atoms. The topological polar surface area (TPSA) is 61.4 Å². The molecule has 0 radical (unpaired) electrons. The number of nitrogens with one attached hydrogen (secondary N) is 2. The fourth-order valence-electron chi connectivity index (χ4n) is 3.86. The van der Waals surface area contributed by atoms with Crippen molar-refractivity contribution in [1.82, 2.24) is 5.32 Å². The Morgan fingerprint density at radius 1 is 0.935 bits per heavy atom. The monoisotopic (exact) mass is 421 g/mol. The minimum Gasteiger partial charge on any atom is -0.371 e. The van der Waals surface area contributed by atoms with E-state index in [1.165, 1.54) is 12.0 Å². The predicted octanol–water partition coefficient (Wildman–Crippen LogP) is 5.37. The molecule has 2 N–H and O–H groups in total. The van der Waals surface area contributed by atoms with Crippen LogP contribution in [0.1, 0.15) is 79.7 Å². The van der Waals surface area contributed by atoms with Crippen LogP contribution in [0.5, 0.6) is 0 Å². The van der Waals surface area contributed by atoms with Crippen LogP contribution in [-0.2, 0) is 5.41 Å². The van der Waals surface area contributed by atoms with Gasteiger partial charge in [-0.25, -0.2) is 0 Å². The van der Waals surface area contributed by atoms with E-state index in [1.54, 1.807) is 6.07 Å². The summed E-state index contributed by atoms with van der Waals surface area (Å²) in [5.74, 6) is -0.265. The summed E-state index contributed by atoms with van der Waals surface area (Å²) in [7, 11) is 0. The molecule has 31 heavy (non-hydrogen) atoms. The third-order valence-electron chi connectivity index (χ3n) is 5.74. The van der Waals surface area contributed by atoms with Gasteiger partial charge in [-0.3, -0.25) is 9.59 Å². The van der Waals surface area contributed by atoms with Crippen LogP contribution in [0.25, 0.3) is 0 Å². The maximum atomic E-state index is 12.9. The molecule has 0 aromatic heterocycles. The number of rotatable bonds is 6. The first-order valence-electron chi connectivity index (χ1n) is 11.4. The van der Waals surface area contributed by atoms with Gasteiger partial charge >= 0.3 is 0 Å². The van der Waals surface area contributed by atoms with E-state index in [1.807, 2.05) is 43.3 Å². The van der Waals surface area contributed by atoms with Crippen molar-refractivity contribution in [3.63, 3.8) is 0 Å². The second-order valence-electron chi connectivity index (χ2n) is 9.32. The van der Waals surface area contributed by atoms with Gasteiger partial charge in [-0.1, -0.05) is 39.8 Å². The van der Waals surface area contributed by atoms with Crippen LogP contribution in [0, 0.1) is 0 Å². The quantitative estimate of drug-likeness (QED) is 0.659. The lowest BCUT2D eigenvalue weighted by Crippen LogP contribution is -2.33. The zero-order valence-corrected chi connectivity index (χ0v) is 19.3. The number of anilines is 2. The van der Waals surface area contributed by atoms with Crippen molar-refractivity contribution in [1.29, 1.82) is 0 Å². The van der Waals surface area contributed by atoms with Gasteiger partial charge in [0.2, 0.25) is 0 Å². The number of hydrogen-bond acceptors (Lipinski definition) is 3. The Labute approximate surface area is 186 Å². The highest BCUT2D eigenvalue weighted by Gasteiger charge is 2.20. The first-order chi connectivity index (χ1) is 14.8. The maximum Gasteiger partial charge on any atom is 0.255 e. The number of hydrogen-bond donors (Lipinski definition) is 2. The number of piperidine rings is 1. The minimum absolute atomic E-state index is 0.0417. The van der Waals surface area contributed by atoms with Gasteiger partial charge in [0, 0.05) is 36.6 Å². The Balaban J connectivity index is 1.82. The molecule has 2 aromatic carbocycles. The van der Waals surface area contributed by atoms with Crippen molar-refractivity contribution in [2.45, 2.75) is 58.8 Å². The molecule has 3 rings (SSSR count). The normalized spacial score (nSPS) is 14.3.